The van der Waals surface area contributed by atoms with Crippen molar-refractivity contribution in [3.8, 4) is 5.75 Å². The maximum absolute atomic E-state index is 14.0. The molecule has 0 saturated carbocycles. The van der Waals surface area contributed by atoms with Gasteiger partial charge in [-0.05, 0) is 49.6 Å². The molecule has 3 aromatic rings. The highest BCUT2D eigenvalue weighted by Gasteiger charge is 2.27. The normalized spacial score (nSPS) is 18.3. The molecule has 0 amide bonds. The summed E-state index contributed by atoms with van der Waals surface area (Å²) in [4.78, 5) is 8.68. The van der Waals surface area contributed by atoms with Crippen LogP contribution in [0.2, 0.25) is 0 Å². The van der Waals surface area contributed by atoms with Gasteiger partial charge in [-0.3, -0.25) is 0 Å². The fourth-order valence-electron chi connectivity index (χ4n) is 3.75. The number of rotatable bonds is 5. The number of aryl methyl sites for hydroxylation is 1. The Labute approximate surface area is 177 Å². The fraction of sp³-hybridized carbons (Fsp3) is 0.333. The number of nitrogens with one attached hydrogen (secondary N) is 1. The van der Waals surface area contributed by atoms with Gasteiger partial charge in [0.2, 0.25) is 0 Å². The molecule has 2 heterocycles. The van der Waals surface area contributed by atoms with Crippen LogP contribution in [0.25, 0.3) is 10.9 Å². The molecule has 1 saturated heterocycles. The van der Waals surface area contributed by atoms with Gasteiger partial charge in [0.15, 0.2) is 0 Å². The lowest BCUT2D eigenvalue weighted by molar-refractivity contribution is 0.130. The number of halogens is 1. The number of piperidine rings is 1. The van der Waals surface area contributed by atoms with Crippen LogP contribution in [-0.4, -0.2) is 44.3 Å². The molecule has 30 heavy (non-hydrogen) atoms. The molecule has 1 aliphatic rings. The third-order valence-corrected chi connectivity index (χ3v) is 6.21. The van der Waals surface area contributed by atoms with Crippen molar-refractivity contribution < 1.29 is 13.7 Å². The summed E-state index contributed by atoms with van der Waals surface area (Å²) in [5, 5.41) is 4.11. The smallest absolute Gasteiger partial charge is 0.146 e. The van der Waals surface area contributed by atoms with Crippen LogP contribution in [0.1, 0.15) is 18.4 Å². The van der Waals surface area contributed by atoms with Gasteiger partial charge >= 0.3 is 0 Å². The van der Waals surface area contributed by atoms with E-state index in [1.165, 1.54) is 18.5 Å². The number of aromatic nitrogens is 2. The number of fused-ring (bicyclic) bond motifs is 1. The predicted octanol–water partition coefficient (Wildman–Crippen LogP) is 3.54. The lowest BCUT2D eigenvalue weighted by atomic mass is 10.1. The quantitative estimate of drug-likeness (QED) is 0.473. The molecule has 7 nitrogen and oxygen atoms in total. The van der Waals surface area contributed by atoms with Crippen molar-refractivity contribution in [2.75, 3.05) is 30.4 Å². The van der Waals surface area contributed by atoms with Crippen molar-refractivity contribution in [2.45, 2.75) is 25.9 Å². The number of anilines is 3. The third-order valence-electron chi connectivity index (χ3n) is 5.15. The predicted molar refractivity (Wildman–Crippen MR) is 118 cm³/mol. The van der Waals surface area contributed by atoms with E-state index in [9.17, 15) is 8.94 Å². The summed E-state index contributed by atoms with van der Waals surface area (Å²) in [6, 6.07) is 8.01. The summed E-state index contributed by atoms with van der Waals surface area (Å²) in [5.41, 5.74) is 8.83. The Balaban J connectivity index is 1.64. The Morgan fingerprint density at radius 2 is 2.13 bits per heavy atom. The SMILES string of the molecule is Cc1cc(N)cc2ncnc(Nc3ccc(F)cc3O[C@@H]3CCCN([S+](C)[O-])C3)c12. The molecular weight excluding hydrogens is 405 g/mol. The van der Waals surface area contributed by atoms with Crippen molar-refractivity contribution in [3.63, 3.8) is 0 Å². The molecule has 1 fully saturated rings. The number of nitrogens with zero attached hydrogens (tertiary/aromatic N) is 3. The molecule has 3 N–H and O–H groups in total. The number of nitrogen functional groups attached to an aromatic ring is 1. The Hall–Kier alpha value is -2.62. The standard InChI is InChI=1S/C21H24FN5O2S/c1-13-8-15(23)10-18-20(13)21(25-12-24-18)26-17-6-5-14(22)9-19(17)29-16-4-3-7-27(11-16)30(2)28/h5-6,8-10,12,16H,3-4,7,11,23H2,1-2H3,(H,24,25,26)/t16-,30?/m1/s1. The second kappa shape index (κ2) is 8.63. The van der Waals surface area contributed by atoms with Crippen molar-refractivity contribution in [1.29, 1.82) is 0 Å². The maximum atomic E-state index is 14.0. The van der Waals surface area contributed by atoms with Gasteiger partial charge < -0.3 is 20.3 Å². The average molecular weight is 430 g/mol. The highest BCUT2D eigenvalue weighted by molar-refractivity contribution is 7.88. The van der Waals surface area contributed by atoms with Gasteiger partial charge in [-0.1, -0.05) is 0 Å². The number of benzene rings is 2. The minimum atomic E-state index is -1.06. The zero-order chi connectivity index (χ0) is 21.3. The molecular formula is C21H24FN5O2S. The average Bonchev–Trinajstić information content (AvgIpc) is 2.70. The van der Waals surface area contributed by atoms with Crippen LogP contribution in [0.15, 0.2) is 36.7 Å². The maximum Gasteiger partial charge on any atom is 0.146 e. The van der Waals surface area contributed by atoms with Crippen LogP contribution in [0.3, 0.4) is 0 Å². The largest absolute Gasteiger partial charge is 0.598 e. The molecule has 0 radical (unpaired) electrons. The van der Waals surface area contributed by atoms with Crippen molar-refractivity contribution >= 4 is 39.5 Å². The molecule has 158 valence electrons. The fourth-order valence-corrected chi connectivity index (χ4v) is 4.52. The summed E-state index contributed by atoms with van der Waals surface area (Å²) in [6.45, 7) is 3.25. The second-order valence-electron chi connectivity index (χ2n) is 7.41. The van der Waals surface area contributed by atoms with Gasteiger partial charge in [0.1, 0.15) is 36.1 Å². The molecule has 1 unspecified atom stereocenters. The van der Waals surface area contributed by atoms with Crippen molar-refractivity contribution in [2.24, 2.45) is 0 Å². The Morgan fingerprint density at radius 3 is 2.93 bits per heavy atom. The highest BCUT2D eigenvalue weighted by atomic mass is 32.2. The van der Waals surface area contributed by atoms with Crippen LogP contribution in [0, 0.1) is 12.7 Å². The van der Waals surface area contributed by atoms with Gasteiger partial charge in [0.25, 0.3) is 0 Å². The minimum absolute atomic E-state index is 0.173. The van der Waals surface area contributed by atoms with Gasteiger partial charge in [-0.15, -0.1) is 4.31 Å². The first-order valence-corrected chi connectivity index (χ1v) is 11.2. The van der Waals surface area contributed by atoms with Gasteiger partial charge in [-0.2, -0.15) is 0 Å². The Morgan fingerprint density at radius 1 is 1.30 bits per heavy atom. The van der Waals surface area contributed by atoms with E-state index < -0.39 is 17.2 Å². The minimum Gasteiger partial charge on any atom is -0.598 e. The highest BCUT2D eigenvalue weighted by Crippen LogP contribution is 2.34. The molecule has 0 spiro atoms. The number of nitrogens with two attached hydrogens (primary N) is 1. The van der Waals surface area contributed by atoms with Crippen molar-refractivity contribution in [1.82, 2.24) is 14.3 Å². The molecule has 2 atom stereocenters. The number of hydrogen-bond donors (Lipinski definition) is 2. The van der Waals surface area contributed by atoms with Crippen LogP contribution in [0.5, 0.6) is 5.75 Å². The zero-order valence-electron chi connectivity index (χ0n) is 16.9. The molecule has 1 aromatic heterocycles. The summed E-state index contributed by atoms with van der Waals surface area (Å²) in [7, 11) is 0. The topological polar surface area (TPSA) is 99.4 Å². The first-order chi connectivity index (χ1) is 14.4. The lowest BCUT2D eigenvalue weighted by Crippen LogP contribution is -2.43. The van der Waals surface area contributed by atoms with E-state index in [2.05, 4.69) is 15.3 Å². The monoisotopic (exact) mass is 429 g/mol. The molecule has 0 aliphatic carbocycles. The van der Waals surface area contributed by atoms with E-state index in [-0.39, 0.29) is 6.10 Å². The molecule has 0 bridgehead atoms. The van der Waals surface area contributed by atoms with E-state index in [0.717, 1.165) is 35.9 Å². The van der Waals surface area contributed by atoms with E-state index in [4.69, 9.17) is 10.5 Å². The summed E-state index contributed by atoms with van der Waals surface area (Å²) < 4.78 is 33.8. The van der Waals surface area contributed by atoms with Crippen molar-refractivity contribution in [3.05, 3.63) is 48.0 Å². The third kappa shape index (κ3) is 4.43. The van der Waals surface area contributed by atoms with Gasteiger partial charge in [0, 0.05) is 35.0 Å². The number of ether oxygens (including phenoxy) is 1. The molecule has 9 heteroatoms. The Kier molecular flexibility index (Phi) is 5.94. The lowest BCUT2D eigenvalue weighted by Gasteiger charge is -2.31. The first kappa shape index (κ1) is 20.6. The van der Waals surface area contributed by atoms with Gasteiger partial charge in [-0.25, -0.2) is 14.4 Å². The van der Waals surface area contributed by atoms with E-state index in [0.29, 0.717) is 29.5 Å². The van der Waals surface area contributed by atoms with Crippen LogP contribution in [0.4, 0.5) is 21.6 Å². The summed E-state index contributed by atoms with van der Waals surface area (Å²) in [6.07, 6.45) is 4.64. The van der Waals surface area contributed by atoms with Crippen LogP contribution < -0.4 is 15.8 Å². The van der Waals surface area contributed by atoms with Crippen LogP contribution in [-0.2, 0) is 11.4 Å². The zero-order valence-corrected chi connectivity index (χ0v) is 17.7. The first-order valence-electron chi connectivity index (χ1n) is 9.73. The Bertz CT molecular complexity index is 1060. The molecule has 1 aliphatic heterocycles. The van der Waals surface area contributed by atoms with E-state index >= 15 is 0 Å². The molecule has 4 rings (SSSR count). The summed E-state index contributed by atoms with van der Waals surface area (Å²) >= 11 is -1.06. The summed E-state index contributed by atoms with van der Waals surface area (Å²) in [5.74, 6) is 0.594. The number of hydrogen-bond acceptors (Lipinski definition) is 7. The van der Waals surface area contributed by atoms with Gasteiger partial charge in [0.05, 0.1) is 17.7 Å². The molecule has 2 aromatic carbocycles. The van der Waals surface area contributed by atoms with E-state index in [1.807, 2.05) is 17.3 Å². The second-order valence-corrected chi connectivity index (χ2v) is 8.78. The van der Waals surface area contributed by atoms with Crippen LogP contribution >= 0.6 is 0 Å². The van der Waals surface area contributed by atoms with E-state index in [1.54, 1.807) is 18.4 Å².